The third kappa shape index (κ3) is 3.18. The molecule has 1 aliphatic heterocycles. The summed E-state index contributed by atoms with van der Waals surface area (Å²) in [4.78, 5) is 3.86. The molecule has 1 fully saturated rings. The molecule has 1 aromatic heterocycles. The summed E-state index contributed by atoms with van der Waals surface area (Å²) < 4.78 is 28.1. The zero-order valence-electron chi connectivity index (χ0n) is 9.99. The SMILES string of the molecule is O=S(=O)(Nc1cccnc1)N1CCCC(CO)C1. The van der Waals surface area contributed by atoms with Gasteiger partial charge < -0.3 is 5.11 Å². The first-order valence-corrected chi connectivity index (χ1v) is 7.34. The molecule has 0 aliphatic carbocycles. The van der Waals surface area contributed by atoms with Crippen molar-refractivity contribution >= 4 is 15.9 Å². The maximum atomic E-state index is 12.1. The van der Waals surface area contributed by atoms with Crippen molar-refractivity contribution in [1.29, 1.82) is 0 Å². The second-order valence-corrected chi connectivity index (χ2v) is 6.07. The summed E-state index contributed by atoms with van der Waals surface area (Å²) in [6, 6.07) is 3.32. The summed E-state index contributed by atoms with van der Waals surface area (Å²) >= 11 is 0. The fourth-order valence-electron chi connectivity index (χ4n) is 2.03. The number of aliphatic hydroxyl groups excluding tert-OH is 1. The van der Waals surface area contributed by atoms with E-state index < -0.39 is 10.2 Å². The molecule has 2 N–H and O–H groups in total. The minimum absolute atomic E-state index is 0.0267. The Labute approximate surface area is 107 Å². The normalized spacial score (nSPS) is 21.7. The Kier molecular flexibility index (Phi) is 4.15. The van der Waals surface area contributed by atoms with Crippen molar-refractivity contribution in [1.82, 2.24) is 9.29 Å². The van der Waals surface area contributed by atoms with Crippen LogP contribution in [0.3, 0.4) is 0 Å². The molecule has 1 unspecified atom stereocenters. The topological polar surface area (TPSA) is 82.5 Å². The number of anilines is 1. The van der Waals surface area contributed by atoms with E-state index in [2.05, 4.69) is 9.71 Å². The van der Waals surface area contributed by atoms with Crippen LogP contribution in [0.2, 0.25) is 0 Å². The van der Waals surface area contributed by atoms with Gasteiger partial charge in [-0.15, -0.1) is 0 Å². The summed E-state index contributed by atoms with van der Waals surface area (Å²) in [7, 11) is -3.55. The minimum atomic E-state index is -3.55. The van der Waals surface area contributed by atoms with Crippen LogP contribution in [0, 0.1) is 5.92 Å². The van der Waals surface area contributed by atoms with Gasteiger partial charge in [0.25, 0.3) is 0 Å². The number of rotatable bonds is 4. The summed E-state index contributed by atoms with van der Waals surface area (Å²) in [6.07, 6.45) is 4.69. The summed E-state index contributed by atoms with van der Waals surface area (Å²) in [6.45, 7) is 0.886. The molecule has 7 heteroatoms. The van der Waals surface area contributed by atoms with Gasteiger partial charge in [0.2, 0.25) is 0 Å². The molecule has 0 amide bonds. The van der Waals surface area contributed by atoms with Gasteiger partial charge in [0.05, 0.1) is 11.9 Å². The van der Waals surface area contributed by atoms with Crippen LogP contribution >= 0.6 is 0 Å². The Bertz CT molecular complexity index is 478. The van der Waals surface area contributed by atoms with Crippen LogP contribution in [0.4, 0.5) is 5.69 Å². The van der Waals surface area contributed by atoms with Crippen LogP contribution < -0.4 is 4.72 Å². The monoisotopic (exact) mass is 271 g/mol. The van der Waals surface area contributed by atoms with Crippen molar-refractivity contribution in [2.45, 2.75) is 12.8 Å². The molecule has 0 saturated carbocycles. The number of piperidine rings is 1. The lowest BCUT2D eigenvalue weighted by atomic mass is 10.0. The molecule has 0 spiro atoms. The van der Waals surface area contributed by atoms with E-state index in [4.69, 9.17) is 5.11 Å². The average molecular weight is 271 g/mol. The van der Waals surface area contributed by atoms with Gasteiger partial charge >= 0.3 is 10.2 Å². The van der Waals surface area contributed by atoms with Crippen LogP contribution in [-0.2, 0) is 10.2 Å². The highest BCUT2D eigenvalue weighted by atomic mass is 32.2. The van der Waals surface area contributed by atoms with Crippen LogP contribution in [0.5, 0.6) is 0 Å². The first-order valence-electron chi connectivity index (χ1n) is 5.90. The lowest BCUT2D eigenvalue weighted by Crippen LogP contribution is -2.43. The third-order valence-electron chi connectivity index (χ3n) is 2.99. The molecular weight excluding hydrogens is 254 g/mol. The maximum absolute atomic E-state index is 12.1. The Morgan fingerprint density at radius 2 is 2.39 bits per heavy atom. The Morgan fingerprint density at radius 3 is 3.06 bits per heavy atom. The van der Waals surface area contributed by atoms with Gasteiger partial charge in [-0.3, -0.25) is 9.71 Å². The molecule has 100 valence electrons. The minimum Gasteiger partial charge on any atom is -0.396 e. The second kappa shape index (κ2) is 5.64. The van der Waals surface area contributed by atoms with Gasteiger partial charge in [-0.1, -0.05) is 0 Å². The Hall–Kier alpha value is -1.18. The molecule has 6 nitrogen and oxygen atoms in total. The average Bonchev–Trinajstić information content (AvgIpc) is 2.39. The molecule has 1 aliphatic rings. The van der Waals surface area contributed by atoms with Crippen LogP contribution in [0.25, 0.3) is 0 Å². The number of pyridine rings is 1. The highest BCUT2D eigenvalue weighted by Gasteiger charge is 2.28. The number of aromatic nitrogens is 1. The van der Waals surface area contributed by atoms with E-state index in [1.165, 1.54) is 10.5 Å². The van der Waals surface area contributed by atoms with E-state index in [1.54, 1.807) is 18.3 Å². The van der Waals surface area contributed by atoms with Gasteiger partial charge in [-0.25, -0.2) is 0 Å². The van der Waals surface area contributed by atoms with Crippen molar-refractivity contribution in [2.24, 2.45) is 5.92 Å². The lowest BCUT2D eigenvalue weighted by molar-refractivity contribution is 0.166. The molecule has 1 aromatic rings. The highest BCUT2D eigenvalue weighted by molar-refractivity contribution is 7.90. The highest BCUT2D eigenvalue weighted by Crippen LogP contribution is 2.19. The molecular formula is C11H17N3O3S. The van der Waals surface area contributed by atoms with E-state index in [9.17, 15) is 8.42 Å². The van der Waals surface area contributed by atoms with Crippen molar-refractivity contribution in [3.05, 3.63) is 24.5 Å². The number of hydrogen-bond donors (Lipinski definition) is 2. The van der Waals surface area contributed by atoms with Gasteiger partial charge in [0, 0.05) is 25.9 Å². The number of aliphatic hydroxyl groups is 1. The molecule has 0 radical (unpaired) electrons. The second-order valence-electron chi connectivity index (χ2n) is 4.40. The molecule has 2 heterocycles. The first-order chi connectivity index (χ1) is 8.62. The fourth-order valence-corrected chi connectivity index (χ4v) is 3.36. The zero-order valence-corrected chi connectivity index (χ0v) is 10.8. The zero-order chi connectivity index (χ0) is 13.0. The predicted molar refractivity (Wildman–Crippen MR) is 68.2 cm³/mol. The largest absolute Gasteiger partial charge is 0.396 e. The molecule has 2 rings (SSSR count). The van der Waals surface area contributed by atoms with Crippen LogP contribution in [0.15, 0.2) is 24.5 Å². The van der Waals surface area contributed by atoms with Gasteiger partial charge in [-0.05, 0) is 30.9 Å². The van der Waals surface area contributed by atoms with Crippen molar-refractivity contribution in [2.75, 3.05) is 24.4 Å². The standard InChI is InChI=1S/C11H17N3O3S/c15-9-10-3-2-6-14(8-10)18(16,17)13-11-4-1-5-12-7-11/h1,4-5,7,10,13,15H,2-3,6,8-9H2. The fraction of sp³-hybridized carbons (Fsp3) is 0.545. The van der Waals surface area contributed by atoms with E-state index >= 15 is 0 Å². The van der Waals surface area contributed by atoms with Crippen molar-refractivity contribution in [3.8, 4) is 0 Å². The quantitative estimate of drug-likeness (QED) is 0.832. The van der Waals surface area contributed by atoms with E-state index in [0.29, 0.717) is 18.8 Å². The maximum Gasteiger partial charge on any atom is 0.301 e. The summed E-state index contributed by atoms with van der Waals surface area (Å²) in [5.74, 6) is 0.0317. The number of nitrogens with one attached hydrogen (secondary N) is 1. The summed E-state index contributed by atoms with van der Waals surface area (Å²) in [5.41, 5.74) is 0.448. The van der Waals surface area contributed by atoms with Gasteiger partial charge in [-0.2, -0.15) is 12.7 Å². The van der Waals surface area contributed by atoms with Gasteiger partial charge in [0.1, 0.15) is 0 Å². The predicted octanol–water partition coefficient (Wildman–Crippen LogP) is 0.443. The third-order valence-corrected chi connectivity index (χ3v) is 4.49. The van der Waals surface area contributed by atoms with Crippen LogP contribution in [-0.4, -0.2) is 42.5 Å². The Balaban J connectivity index is 2.06. The Morgan fingerprint density at radius 1 is 1.56 bits per heavy atom. The van der Waals surface area contributed by atoms with E-state index in [-0.39, 0.29) is 12.5 Å². The molecule has 0 bridgehead atoms. The molecule has 0 aromatic carbocycles. The van der Waals surface area contributed by atoms with Crippen LogP contribution in [0.1, 0.15) is 12.8 Å². The van der Waals surface area contributed by atoms with E-state index in [0.717, 1.165) is 12.8 Å². The molecule has 1 atom stereocenters. The van der Waals surface area contributed by atoms with Gasteiger partial charge in [0.15, 0.2) is 0 Å². The number of nitrogens with zero attached hydrogens (tertiary/aromatic N) is 2. The summed E-state index contributed by atoms with van der Waals surface area (Å²) in [5, 5.41) is 9.11. The molecule has 1 saturated heterocycles. The number of hydrogen-bond acceptors (Lipinski definition) is 4. The van der Waals surface area contributed by atoms with E-state index in [1.807, 2.05) is 0 Å². The molecule has 18 heavy (non-hydrogen) atoms. The van der Waals surface area contributed by atoms with Crippen molar-refractivity contribution < 1.29 is 13.5 Å². The smallest absolute Gasteiger partial charge is 0.301 e. The lowest BCUT2D eigenvalue weighted by Gasteiger charge is -2.30. The first kappa shape index (κ1) is 13.3. The van der Waals surface area contributed by atoms with Crippen molar-refractivity contribution in [3.63, 3.8) is 0 Å².